The van der Waals surface area contributed by atoms with Gasteiger partial charge in [0.1, 0.15) is 42.3 Å². The maximum Gasteiger partial charge on any atom is 0.366 e. The van der Waals surface area contributed by atoms with E-state index in [4.69, 9.17) is 34.3 Å². The van der Waals surface area contributed by atoms with Crippen molar-refractivity contribution in [2.75, 3.05) is 0 Å². The van der Waals surface area contributed by atoms with E-state index in [-0.39, 0.29) is 0 Å². The molecule has 6 aromatic rings. The Bertz CT molecular complexity index is 1600. The quantitative estimate of drug-likeness (QED) is 0.120. The smallest absolute Gasteiger partial charge is 0.296 e. The Labute approximate surface area is 293 Å². The van der Waals surface area contributed by atoms with Gasteiger partial charge in [-0.25, -0.2) is 9.59 Å². The summed E-state index contributed by atoms with van der Waals surface area (Å²) >= 11 is 9.40. The highest BCUT2D eigenvalue weighted by atomic mass is 32.1. The van der Waals surface area contributed by atoms with Gasteiger partial charge in [0, 0.05) is 0 Å². The maximum atomic E-state index is 14.3. The van der Waals surface area contributed by atoms with Crippen molar-refractivity contribution in [1.29, 1.82) is 0 Å². The summed E-state index contributed by atoms with van der Waals surface area (Å²) in [5.74, 6) is -1.33. The number of rotatable bonds is 11. The zero-order valence-electron chi connectivity index (χ0n) is 25.9. The topological polar surface area (TPSA) is 52.6 Å². The average Bonchev–Trinajstić information content (AvgIpc) is 3.17. The van der Waals surface area contributed by atoms with Crippen molar-refractivity contribution in [1.82, 2.24) is 0 Å². The molecule has 0 radical (unpaired) electrons. The SMILES string of the molecule is O=C(O[P+](c1ccccc1)(c1ccccc1)c1ccccc1)C(S)C(S)C(=O)O[P+](c1ccccc1)(c1ccccc1)c1ccccc1. The fourth-order valence-electron chi connectivity index (χ4n) is 5.67. The molecule has 0 fully saturated rings. The first-order valence-corrected chi connectivity index (χ1v) is 19.9. The summed E-state index contributed by atoms with van der Waals surface area (Å²) in [5.41, 5.74) is 0. The molecule has 48 heavy (non-hydrogen) atoms. The van der Waals surface area contributed by atoms with Crippen molar-refractivity contribution in [3.05, 3.63) is 182 Å². The zero-order chi connectivity index (χ0) is 33.4. The molecular weight excluding hydrogens is 671 g/mol. The minimum atomic E-state index is -3.00. The third kappa shape index (κ3) is 6.72. The van der Waals surface area contributed by atoms with E-state index < -0.39 is 37.4 Å². The fourth-order valence-corrected chi connectivity index (χ4v) is 12.9. The van der Waals surface area contributed by atoms with Crippen LogP contribution in [-0.4, -0.2) is 22.4 Å². The summed E-state index contributed by atoms with van der Waals surface area (Å²) in [6, 6.07) is 58.4. The molecule has 0 aliphatic rings. The highest BCUT2D eigenvalue weighted by Crippen LogP contribution is 2.58. The lowest BCUT2D eigenvalue weighted by Gasteiger charge is -2.28. The van der Waals surface area contributed by atoms with Crippen molar-refractivity contribution < 1.29 is 18.6 Å². The van der Waals surface area contributed by atoms with Crippen LogP contribution in [0, 0.1) is 0 Å². The number of carbonyl (C=O) groups is 2. The minimum absolute atomic E-state index is 0.664. The maximum absolute atomic E-state index is 14.3. The first-order chi connectivity index (χ1) is 23.5. The van der Waals surface area contributed by atoms with Crippen LogP contribution < -0.4 is 31.8 Å². The Balaban J connectivity index is 1.39. The van der Waals surface area contributed by atoms with Crippen molar-refractivity contribution >= 4 is 84.0 Å². The average molecular weight is 705 g/mol. The predicted octanol–water partition coefficient (Wildman–Crippen LogP) is 6.49. The normalized spacial score (nSPS) is 12.8. The van der Waals surface area contributed by atoms with E-state index in [2.05, 4.69) is 0 Å². The predicted molar refractivity (Wildman–Crippen MR) is 208 cm³/mol. The van der Waals surface area contributed by atoms with Crippen LogP contribution in [0.3, 0.4) is 0 Å². The van der Waals surface area contributed by atoms with E-state index in [0.29, 0.717) is 0 Å². The van der Waals surface area contributed by atoms with Gasteiger partial charge >= 0.3 is 11.9 Å². The third-order valence-electron chi connectivity index (χ3n) is 7.95. The fraction of sp³-hybridized carbons (Fsp3) is 0.0500. The zero-order valence-corrected chi connectivity index (χ0v) is 29.5. The van der Waals surface area contributed by atoms with Gasteiger partial charge in [0.2, 0.25) is 0 Å². The van der Waals surface area contributed by atoms with Crippen molar-refractivity contribution in [3.63, 3.8) is 0 Å². The van der Waals surface area contributed by atoms with Gasteiger partial charge in [0.05, 0.1) is 0 Å². The largest absolute Gasteiger partial charge is 0.366 e. The second kappa shape index (κ2) is 15.4. The van der Waals surface area contributed by atoms with Crippen LogP contribution in [0.2, 0.25) is 0 Å². The molecular formula is C40H34O4P2S2+2. The highest BCUT2D eigenvalue weighted by Gasteiger charge is 2.55. The lowest BCUT2D eigenvalue weighted by Crippen LogP contribution is -2.41. The molecule has 0 aliphatic heterocycles. The van der Waals surface area contributed by atoms with Crippen LogP contribution >= 0.6 is 40.2 Å². The number of benzene rings is 6. The minimum Gasteiger partial charge on any atom is -0.296 e. The Morgan fingerprint density at radius 2 is 0.521 bits per heavy atom. The van der Waals surface area contributed by atoms with Crippen molar-refractivity contribution in [3.8, 4) is 0 Å². The van der Waals surface area contributed by atoms with E-state index in [0.717, 1.165) is 31.8 Å². The van der Waals surface area contributed by atoms with Gasteiger partial charge in [-0.05, 0) is 72.8 Å². The number of thiol groups is 2. The Hall–Kier alpha value is -4.18. The summed E-state index contributed by atoms with van der Waals surface area (Å²) in [4.78, 5) is 28.6. The molecule has 0 heterocycles. The lowest BCUT2D eigenvalue weighted by molar-refractivity contribution is -0.138. The van der Waals surface area contributed by atoms with Gasteiger partial charge in [-0.2, -0.15) is 25.3 Å². The molecule has 0 spiro atoms. The van der Waals surface area contributed by atoms with Crippen LogP contribution in [-0.2, 0) is 18.6 Å². The second-order valence-corrected chi connectivity index (χ2v) is 18.0. The van der Waals surface area contributed by atoms with Crippen LogP contribution in [0.15, 0.2) is 182 Å². The summed E-state index contributed by atoms with van der Waals surface area (Å²) < 4.78 is 13.3. The molecule has 2 atom stereocenters. The van der Waals surface area contributed by atoms with Gasteiger partial charge < -0.3 is 0 Å². The van der Waals surface area contributed by atoms with E-state index in [9.17, 15) is 9.59 Å². The standard InChI is InChI=1S/C40H32O4P2S2/c41-39(43-45(31-19-7-1-8-20-31,32-21-9-2-10-22-32)33-23-11-3-12-24-33)37(47)38(48)40(42)44-46(34-25-13-4-14-26-34,35-27-15-5-16-28-35)36-29-17-6-18-30-36/h1-30,37-38H/p+2. The molecule has 238 valence electrons. The molecule has 0 saturated carbocycles. The Morgan fingerprint density at radius 1 is 0.354 bits per heavy atom. The van der Waals surface area contributed by atoms with E-state index in [1.54, 1.807) is 0 Å². The molecule has 0 bridgehead atoms. The second-order valence-electron chi connectivity index (χ2n) is 10.9. The van der Waals surface area contributed by atoms with Gasteiger partial charge in [-0.1, -0.05) is 109 Å². The third-order valence-corrected chi connectivity index (χ3v) is 16.3. The molecule has 6 rings (SSSR count). The van der Waals surface area contributed by atoms with E-state index >= 15 is 0 Å². The molecule has 0 N–H and O–H groups in total. The van der Waals surface area contributed by atoms with E-state index in [1.165, 1.54) is 0 Å². The number of hydrogen-bond acceptors (Lipinski definition) is 6. The molecule has 2 unspecified atom stereocenters. The monoisotopic (exact) mass is 704 g/mol. The number of carbonyl (C=O) groups excluding carboxylic acids is 2. The van der Waals surface area contributed by atoms with Crippen molar-refractivity contribution in [2.45, 2.75) is 10.5 Å². The summed E-state index contributed by atoms with van der Waals surface area (Å²) in [6.45, 7) is 0. The Kier molecular flexibility index (Phi) is 10.8. The molecule has 8 heteroatoms. The first-order valence-electron chi connectivity index (χ1n) is 15.4. The van der Waals surface area contributed by atoms with Crippen LogP contribution in [0.5, 0.6) is 0 Å². The van der Waals surface area contributed by atoms with Crippen LogP contribution in [0.1, 0.15) is 0 Å². The highest BCUT2D eigenvalue weighted by molar-refractivity contribution is 7.93. The number of hydrogen-bond donors (Lipinski definition) is 2. The van der Waals surface area contributed by atoms with Crippen LogP contribution in [0.25, 0.3) is 0 Å². The summed E-state index contributed by atoms with van der Waals surface area (Å²) in [5, 5.41) is 2.68. The molecule has 0 saturated heterocycles. The van der Waals surface area contributed by atoms with E-state index in [1.807, 2.05) is 182 Å². The first kappa shape index (κ1) is 33.7. The van der Waals surface area contributed by atoms with Gasteiger partial charge in [-0.3, -0.25) is 9.05 Å². The van der Waals surface area contributed by atoms with Gasteiger partial charge in [-0.15, -0.1) is 0 Å². The Morgan fingerprint density at radius 3 is 0.688 bits per heavy atom. The van der Waals surface area contributed by atoms with Crippen molar-refractivity contribution in [2.24, 2.45) is 0 Å². The molecule has 0 amide bonds. The van der Waals surface area contributed by atoms with Crippen LogP contribution in [0.4, 0.5) is 0 Å². The van der Waals surface area contributed by atoms with Gasteiger partial charge in [0.25, 0.3) is 15.0 Å². The molecule has 0 aromatic heterocycles. The molecule has 6 aromatic carbocycles. The lowest BCUT2D eigenvalue weighted by atomic mass is 10.3. The summed E-state index contributed by atoms with van der Waals surface area (Å²) in [7, 11) is -5.99. The van der Waals surface area contributed by atoms with Gasteiger partial charge in [0.15, 0.2) is 0 Å². The molecule has 0 aliphatic carbocycles. The summed E-state index contributed by atoms with van der Waals surface area (Å²) in [6.07, 6.45) is 0. The molecule has 4 nitrogen and oxygen atoms in total.